The van der Waals surface area contributed by atoms with Gasteiger partial charge >= 0.3 is 5.97 Å². The highest BCUT2D eigenvalue weighted by molar-refractivity contribution is 7.86. The summed E-state index contributed by atoms with van der Waals surface area (Å²) in [7, 11) is -13.6. The van der Waals surface area contributed by atoms with E-state index in [-0.39, 0.29) is 55.6 Å². The lowest BCUT2D eigenvalue weighted by Crippen LogP contribution is -2.00. The highest BCUT2D eigenvalue weighted by Gasteiger charge is 2.23. The first-order valence-electron chi connectivity index (χ1n) is 15.6. The molecule has 0 aliphatic rings. The Labute approximate surface area is 321 Å². The molecular formula is C34H26N6O14S3. The first-order chi connectivity index (χ1) is 26.6. The number of nitrogens with two attached hydrogens (primary N) is 1. The van der Waals surface area contributed by atoms with Crippen LogP contribution in [0.5, 0.6) is 17.2 Å². The van der Waals surface area contributed by atoms with E-state index < -0.39 is 68.2 Å². The van der Waals surface area contributed by atoms with Crippen LogP contribution in [0.1, 0.15) is 10.4 Å². The minimum atomic E-state index is -5.00. The van der Waals surface area contributed by atoms with Crippen molar-refractivity contribution in [1.29, 1.82) is 0 Å². The standard InChI is InChI=1S/C34H26N6O14S3/c1-54-29-15-25(37-39-27-12-21(55(45,46)47)8-18-9-22(56(48,49)50)13-28(41)31(18)27)24(35)14-26(29)38-40-32-30(57(51,52)53)10-17-4-7-20(11-23(17)33(32)42)36-19-5-2-16(3-6-19)34(43)44/h2-15,36,41-42H,35H2,1H3,(H,43,44)(H,45,46,47)(H,48,49,50)(H,51,52,53). The number of rotatable bonds is 11. The number of hydrogen-bond donors (Lipinski definition) is 8. The van der Waals surface area contributed by atoms with Crippen molar-refractivity contribution in [3.63, 3.8) is 0 Å². The van der Waals surface area contributed by atoms with Crippen LogP contribution in [0.4, 0.5) is 39.8 Å². The predicted octanol–water partition coefficient (Wildman–Crippen LogP) is 7.01. The van der Waals surface area contributed by atoms with Crippen molar-refractivity contribution >= 4 is 97.7 Å². The fourth-order valence-corrected chi connectivity index (χ4v) is 7.21. The van der Waals surface area contributed by atoms with Gasteiger partial charge in [-0.1, -0.05) is 6.07 Å². The summed E-state index contributed by atoms with van der Waals surface area (Å²) in [6.07, 6.45) is 0. The van der Waals surface area contributed by atoms with Gasteiger partial charge in [0.15, 0.2) is 5.75 Å². The van der Waals surface area contributed by atoms with E-state index in [9.17, 15) is 53.9 Å². The Bertz CT molecular complexity index is 3060. The normalized spacial score (nSPS) is 12.5. The summed E-state index contributed by atoms with van der Waals surface area (Å²) < 4.78 is 107. The summed E-state index contributed by atoms with van der Waals surface area (Å²) in [5, 5.41) is 49.7. The van der Waals surface area contributed by atoms with Crippen LogP contribution in [0.15, 0.2) is 120 Å². The van der Waals surface area contributed by atoms with Crippen LogP contribution in [0.2, 0.25) is 0 Å². The number of benzene rings is 6. The number of aromatic hydroxyl groups is 2. The molecule has 9 N–H and O–H groups in total. The van der Waals surface area contributed by atoms with Gasteiger partial charge in [0.2, 0.25) is 0 Å². The third-order valence-electron chi connectivity index (χ3n) is 8.15. The van der Waals surface area contributed by atoms with Crippen LogP contribution >= 0.6 is 0 Å². The number of carboxylic acid groups (broad SMARTS) is 1. The van der Waals surface area contributed by atoms with Crippen molar-refractivity contribution in [1.82, 2.24) is 0 Å². The van der Waals surface area contributed by atoms with Crippen LogP contribution < -0.4 is 15.8 Å². The van der Waals surface area contributed by atoms with Gasteiger partial charge < -0.3 is 31.1 Å². The maximum atomic E-state index is 12.4. The molecule has 0 fully saturated rings. The van der Waals surface area contributed by atoms with Gasteiger partial charge in [0.25, 0.3) is 30.4 Å². The molecule has 6 aromatic carbocycles. The topological polar surface area (TPSA) is 338 Å². The summed E-state index contributed by atoms with van der Waals surface area (Å²) in [5.74, 6) is -2.67. The number of carbonyl (C=O) groups is 1. The fraction of sp³-hybridized carbons (Fsp3) is 0.0294. The van der Waals surface area contributed by atoms with Gasteiger partial charge in [-0.3, -0.25) is 13.7 Å². The van der Waals surface area contributed by atoms with Gasteiger partial charge in [0.05, 0.1) is 39.2 Å². The number of hydrogen-bond acceptors (Lipinski definition) is 16. The Hall–Kier alpha value is -6.76. The van der Waals surface area contributed by atoms with Gasteiger partial charge in [-0.15, -0.1) is 20.5 Å². The van der Waals surface area contributed by atoms with Crippen molar-refractivity contribution < 1.29 is 63.8 Å². The largest absolute Gasteiger partial charge is 0.507 e. The maximum Gasteiger partial charge on any atom is 0.335 e. The number of methoxy groups -OCH3 is 1. The van der Waals surface area contributed by atoms with E-state index in [0.717, 1.165) is 30.3 Å². The molecule has 0 saturated heterocycles. The summed E-state index contributed by atoms with van der Waals surface area (Å²) >= 11 is 0. The van der Waals surface area contributed by atoms with E-state index in [2.05, 4.69) is 25.8 Å². The second-order valence-corrected chi connectivity index (χ2v) is 16.1. The average Bonchev–Trinajstić information content (AvgIpc) is 3.12. The summed E-state index contributed by atoms with van der Waals surface area (Å²) in [6, 6.07) is 16.8. The van der Waals surface area contributed by atoms with E-state index in [4.69, 9.17) is 15.6 Å². The molecule has 0 heterocycles. The maximum absolute atomic E-state index is 12.4. The third kappa shape index (κ3) is 8.42. The monoisotopic (exact) mass is 838 g/mol. The molecule has 0 aliphatic carbocycles. The summed E-state index contributed by atoms with van der Waals surface area (Å²) in [6.45, 7) is 0. The van der Waals surface area contributed by atoms with Gasteiger partial charge in [-0.25, -0.2) is 4.79 Å². The first-order valence-corrected chi connectivity index (χ1v) is 19.9. The quantitative estimate of drug-likeness (QED) is 0.0369. The number of nitrogen functional groups attached to an aromatic ring is 1. The molecule has 0 aromatic heterocycles. The fourth-order valence-electron chi connectivity index (χ4n) is 5.48. The molecule has 0 spiro atoms. The van der Waals surface area contributed by atoms with E-state index in [1.165, 1.54) is 49.6 Å². The number of phenols is 2. The van der Waals surface area contributed by atoms with E-state index in [1.807, 2.05) is 0 Å². The number of azo groups is 2. The summed E-state index contributed by atoms with van der Waals surface area (Å²) in [4.78, 5) is 8.83. The molecule has 0 atom stereocenters. The lowest BCUT2D eigenvalue weighted by molar-refractivity contribution is 0.0696. The van der Waals surface area contributed by atoms with E-state index in [0.29, 0.717) is 17.4 Å². The Balaban J connectivity index is 1.39. The van der Waals surface area contributed by atoms with Crippen molar-refractivity contribution in [3.05, 3.63) is 90.5 Å². The molecule has 6 aromatic rings. The van der Waals surface area contributed by atoms with E-state index >= 15 is 0 Å². The van der Waals surface area contributed by atoms with Crippen molar-refractivity contribution in [2.45, 2.75) is 14.7 Å². The van der Waals surface area contributed by atoms with Gasteiger partial charge in [-0.2, -0.15) is 25.3 Å². The molecule has 6 rings (SSSR count). The molecule has 0 amide bonds. The van der Waals surface area contributed by atoms with Crippen molar-refractivity contribution in [3.8, 4) is 17.2 Å². The second-order valence-electron chi connectivity index (χ2n) is 11.9. The molecule has 0 radical (unpaired) electrons. The number of nitrogens with zero attached hydrogens (tertiary/aromatic N) is 4. The van der Waals surface area contributed by atoms with Crippen LogP contribution in [-0.2, 0) is 30.4 Å². The SMILES string of the molecule is COc1cc(N=Nc2cc(S(=O)(=O)O)cc3cc(S(=O)(=O)O)cc(O)c23)c(N)cc1N=Nc1c(S(=O)(=O)O)cc2ccc(Nc3ccc(C(=O)O)cc3)cc2c1O. The molecular weight excluding hydrogens is 813 g/mol. The molecule has 0 bridgehead atoms. The van der Waals surface area contributed by atoms with Crippen LogP contribution in [0.25, 0.3) is 21.5 Å². The molecule has 20 nitrogen and oxygen atoms in total. The molecule has 0 unspecified atom stereocenters. The second kappa shape index (κ2) is 14.7. The van der Waals surface area contributed by atoms with Gasteiger partial charge in [0.1, 0.15) is 33.5 Å². The lowest BCUT2D eigenvalue weighted by atomic mass is 10.1. The van der Waals surface area contributed by atoms with Gasteiger partial charge in [-0.05, 0) is 77.5 Å². The number of fused-ring (bicyclic) bond motifs is 2. The predicted molar refractivity (Wildman–Crippen MR) is 203 cm³/mol. The zero-order valence-electron chi connectivity index (χ0n) is 28.6. The molecule has 57 heavy (non-hydrogen) atoms. The Morgan fingerprint density at radius 2 is 1.26 bits per heavy atom. The van der Waals surface area contributed by atoms with Crippen LogP contribution in [-0.4, -0.2) is 67.3 Å². The Morgan fingerprint density at radius 1 is 0.667 bits per heavy atom. The highest BCUT2D eigenvalue weighted by Crippen LogP contribution is 2.45. The minimum Gasteiger partial charge on any atom is -0.507 e. The molecule has 23 heteroatoms. The first kappa shape index (κ1) is 39.9. The van der Waals surface area contributed by atoms with Crippen molar-refractivity contribution in [2.24, 2.45) is 20.5 Å². The Morgan fingerprint density at radius 3 is 1.86 bits per heavy atom. The minimum absolute atomic E-state index is 0.0574. The van der Waals surface area contributed by atoms with Crippen LogP contribution in [0, 0.1) is 0 Å². The molecule has 0 aliphatic heterocycles. The number of carboxylic acids is 1. The third-order valence-corrected chi connectivity index (χ3v) is 10.7. The zero-order chi connectivity index (χ0) is 41.6. The number of phenolic OH excluding ortho intramolecular Hbond substituents is 2. The number of aromatic carboxylic acids is 1. The number of nitrogens with one attached hydrogen (secondary N) is 1. The number of anilines is 3. The summed E-state index contributed by atoms with van der Waals surface area (Å²) in [5.41, 5.74) is 5.61. The Kier molecular flexibility index (Phi) is 10.3. The molecule has 0 saturated carbocycles. The van der Waals surface area contributed by atoms with E-state index in [1.54, 1.807) is 6.07 Å². The highest BCUT2D eigenvalue weighted by atomic mass is 32.2. The number of ether oxygens (including phenoxy) is 1. The smallest absolute Gasteiger partial charge is 0.335 e. The zero-order valence-corrected chi connectivity index (χ0v) is 31.1. The lowest BCUT2D eigenvalue weighted by Gasteiger charge is -2.12. The van der Waals surface area contributed by atoms with Crippen molar-refractivity contribution in [2.75, 3.05) is 18.2 Å². The molecule has 294 valence electrons. The average molecular weight is 839 g/mol. The van der Waals surface area contributed by atoms with Gasteiger partial charge in [0, 0.05) is 28.9 Å². The van der Waals surface area contributed by atoms with Crippen LogP contribution in [0.3, 0.4) is 0 Å².